The number of piperidine rings is 1. The van der Waals surface area contributed by atoms with E-state index >= 15 is 0 Å². The van der Waals surface area contributed by atoms with Gasteiger partial charge in [-0.15, -0.1) is 0 Å². The summed E-state index contributed by atoms with van der Waals surface area (Å²) in [6, 6.07) is 17.8. The second-order valence-electron chi connectivity index (χ2n) is 11.1. The Morgan fingerprint density at radius 3 is 2.56 bits per heavy atom. The van der Waals surface area contributed by atoms with Crippen molar-refractivity contribution in [3.8, 4) is 0 Å². The second kappa shape index (κ2) is 10.5. The van der Waals surface area contributed by atoms with Crippen LogP contribution in [0.5, 0.6) is 0 Å². The van der Waals surface area contributed by atoms with Crippen molar-refractivity contribution in [2.24, 2.45) is 11.8 Å². The number of hydrogen-bond acceptors (Lipinski definition) is 3. The van der Waals surface area contributed by atoms with Crippen LogP contribution in [0.3, 0.4) is 0 Å². The van der Waals surface area contributed by atoms with Crippen LogP contribution >= 0.6 is 0 Å². The van der Waals surface area contributed by atoms with Gasteiger partial charge in [0.05, 0.1) is 0 Å². The van der Waals surface area contributed by atoms with Gasteiger partial charge in [0.25, 0.3) is 0 Å². The minimum absolute atomic E-state index is 0.0860. The Morgan fingerprint density at radius 1 is 1.00 bits per heavy atom. The lowest BCUT2D eigenvalue weighted by Crippen LogP contribution is -2.61. The van der Waals surface area contributed by atoms with E-state index in [-0.39, 0.29) is 18.0 Å². The maximum atomic E-state index is 13.6. The van der Waals surface area contributed by atoms with E-state index in [0.29, 0.717) is 18.0 Å². The van der Waals surface area contributed by atoms with E-state index in [4.69, 9.17) is 0 Å². The van der Waals surface area contributed by atoms with Crippen molar-refractivity contribution >= 4 is 11.6 Å². The molecule has 0 aromatic heterocycles. The molecule has 1 saturated carbocycles. The first-order chi connectivity index (χ1) is 16.6. The van der Waals surface area contributed by atoms with Crippen LogP contribution in [0.2, 0.25) is 0 Å². The van der Waals surface area contributed by atoms with Gasteiger partial charge in [-0.05, 0) is 67.6 Å². The van der Waals surface area contributed by atoms with Gasteiger partial charge < -0.3 is 16.0 Å². The van der Waals surface area contributed by atoms with Crippen LogP contribution in [0, 0.1) is 18.8 Å². The number of rotatable bonds is 6. The number of hydrogen-bond donors (Lipinski definition) is 3. The molecule has 2 heterocycles. The molecule has 2 aromatic rings. The lowest BCUT2D eigenvalue weighted by molar-refractivity contribution is -0.122. The van der Waals surface area contributed by atoms with Gasteiger partial charge in [0.1, 0.15) is 6.04 Å². The van der Waals surface area contributed by atoms with Crippen LogP contribution in [0.4, 0.5) is 5.69 Å². The number of amides is 1. The van der Waals surface area contributed by atoms with Gasteiger partial charge in [0, 0.05) is 30.2 Å². The largest absolute Gasteiger partial charge is 0.373 e. The standard InChI is InChI=1S/C30H41N3O/c1-20-10-9-15-24-19-27(32-28(20)24)30(34)33-26(18-22-11-5-3-6-12-22)29-21(2)16-17-25(31-29)23-13-7-4-8-14-23/h3,5-6,9-12,15,21,23,25-27,29,31-32H,4,7-8,13-14,16-19H2,1-2H3,(H,33,34). The van der Waals surface area contributed by atoms with E-state index in [1.807, 2.05) is 0 Å². The molecular weight excluding hydrogens is 418 g/mol. The zero-order valence-electron chi connectivity index (χ0n) is 20.9. The van der Waals surface area contributed by atoms with Crippen LogP contribution in [-0.2, 0) is 17.6 Å². The third-order valence-electron chi connectivity index (χ3n) is 8.65. The lowest BCUT2D eigenvalue weighted by Gasteiger charge is -2.44. The van der Waals surface area contributed by atoms with Gasteiger partial charge in [0.2, 0.25) is 5.91 Å². The third-order valence-corrected chi connectivity index (χ3v) is 8.65. The molecule has 2 fully saturated rings. The fraction of sp³-hybridized carbons (Fsp3) is 0.567. The highest BCUT2D eigenvalue weighted by Gasteiger charge is 2.38. The number of benzene rings is 2. The molecule has 5 rings (SSSR count). The van der Waals surface area contributed by atoms with Crippen molar-refractivity contribution < 1.29 is 4.79 Å². The normalized spacial score (nSPS) is 28.1. The van der Waals surface area contributed by atoms with Crippen LogP contribution < -0.4 is 16.0 Å². The van der Waals surface area contributed by atoms with E-state index < -0.39 is 0 Å². The number of para-hydroxylation sites is 1. The van der Waals surface area contributed by atoms with E-state index in [2.05, 4.69) is 78.3 Å². The molecule has 5 unspecified atom stereocenters. The number of carbonyl (C=O) groups is 1. The summed E-state index contributed by atoms with van der Waals surface area (Å²) in [5, 5.41) is 11.1. The molecule has 34 heavy (non-hydrogen) atoms. The first-order valence-electron chi connectivity index (χ1n) is 13.5. The smallest absolute Gasteiger partial charge is 0.243 e. The van der Waals surface area contributed by atoms with E-state index in [0.717, 1.165) is 24.4 Å². The predicted molar refractivity (Wildman–Crippen MR) is 140 cm³/mol. The summed E-state index contributed by atoms with van der Waals surface area (Å²) in [5.41, 5.74) is 4.90. The highest BCUT2D eigenvalue weighted by atomic mass is 16.2. The topological polar surface area (TPSA) is 53.2 Å². The molecular formula is C30H41N3O. The number of aryl methyl sites for hydroxylation is 1. The zero-order chi connectivity index (χ0) is 23.5. The molecule has 1 aliphatic carbocycles. The summed E-state index contributed by atoms with van der Waals surface area (Å²) in [6.45, 7) is 4.48. The Hall–Kier alpha value is -2.33. The summed E-state index contributed by atoms with van der Waals surface area (Å²) in [4.78, 5) is 13.6. The van der Waals surface area contributed by atoms with E-state index in [1.54, 1.807) is 0 Å². The SMILES string of the molecule is Cc1cccc2c1NC(C(=O)NC(Cc1ccccc1)C1NC(C3CCCCC3)CCC1C)C2. The summed E-state index contributed by atoms with van der Waals surface area (Å²) in [7, 11) is 0. The molecule has 3 N–H and O–H groups in total. The first kappa shape index (κ1) is 23.4. The van der Waals surface area contributed by atoms with Gasteiger partial charge in [-0.25, -0.2) is 0 Å². The average Bonchev–Trinajstić information content (AvgIpc) is 3.31. The Morgan fingerprint density at radius 2 is 1.79 bits per heavy atom. The Balaban J connectivity index is 1.32. The molecule has 1 amide bonds. The number of fused-ring (bicyclic) bond motifs is 1. The molecule has 5 atom stereocenters. The van der Waals surface area contributed by atoms with Crippen LogP contribution in [0.25, 0.3) is 0 Å². The lowest BCUT2D eigenvalue weighted by atomic mass is 9.75. The molecule has 0 bridgehead atoms. The number of nitrogens with one attached hydrogen (secondary N) is 3. The summed E-state index contributed by atoms with van der Waals surface area (Å²) < 4.78 is 0. The molecule has 2 aromatic carbocycles. The van der Waals surface area contributed by atoms with E-state index in [1.165, 1.54) is 61.6 Å². The summed E-state index contributed by atoms with van der Waals surface area (Å²) in [6.07, 6.45) is 11.0. The number of carbonyl (C=O) groups excluding carboxylic acids is 1. The minimum atomic E-state index is -0.192. The van der Waals surface area contributed by atoms with Crippen molar-refractivity contribution in [1.29, 1.82) is 0 Å². The molecule has 4 heteroatoms. The molecule has 182 valence electrons. The van der Waals surface area contributed by atoms with E-state index in [9.17, 15) is 4.79 Å². The predicted octanol–water partition coefficient (Wildman–Crippen LogP) is 5.40. The zero-order valence-corrected chi connectivity index (χ0v) is 20.9. The monoisotopic (exact) mass is 459 g/mol. The van der Waals surface area contributed by atoms with Crippen molar-refractivity contribution in [3.05, 3.63) is 65.2 Å². The molecule has 0 radical (unpaired) electrons. The molecule has 2 aliphatic heterocycles. The van der Waals surface area contributed by atoms with Crippen molar-refractivity contribution in [2.75, 3.05) is 5.32 Å². The van der Waals surface area contributed by atoms with Gasteiger partial charge in [-0.3, -0.25) is 4.79 Å². The summed E-state index contributed by atoms with van der Waals surface area (Å²) in [5.74, 6) is 1.47. The van der Waals surface area contributed by atoms with Crippen LogP contribution in [-0.4, -0.2) is 30.1 Å². The van der Waals surface area contributed by atoms with Gasteiger partial charge in [0.15, 0.2) is 0 Å². The van der Waals surface area contributed by atoms with Crippen molar-refractivity contribution in [2.45, 2.75) is 95.8 Å². The van der Waals surface area contributed by atoms with Crippen LogP contribution in [0.15, 0.2) is 48.5 Å². The Labute approximate surface area is 205 Å². The highest BCUT2D eigenvalue weighted by Crippen LogP contribution is 2.34. The molecule has 3 aliphatic rings. The Bertz CT molecular complexity index is 968. The second-order valence-corrected chi connectivity index (χ2v) is 11.1. The minimum Gasteiger partial charge on any atom is -0.373 e. The fourth-order valence-electron chi connectivity index (χ4n) is 6.67. The van der Waals surface area contributed by atoms with Gasteiger partial charge >= 0.3 is 0 Å². The first-order valence-corrected chi connectivity index (χ1v) is 13.5. The maximum absolute atomic E-state index is 13.6. The molecule has 0 spiro atoms. The van der Waals surface area contributed by atoms with Gasteiger partial charge in [-0.2, -0.15) is 0 Å². The number of anilines is 1. The van der Waals surface area contributed by atoms with Gasteiger partial charge in [-0.1, -0.05) is 74.7 Å². The third kappa shape index (κ3) is 5.17. The molecule has 4 nitrogen and oxygen atoms in total. The molecule has 1 saturated heterocycles. The fourth-order valence-corrected chi connectivity index (χ4v) is 6.67. The van der Waals surface area contributed by atoms with Crippen LogP contribution in [0.1, 0.15) is 68.6 Å². The highest BCUT2D eigenvalue weighted by molar-refractivity contribution is 5.88. The van der Waals surface area contributed by atoms with Crippen molar-refractivity contribution in [1.82, 2.24) is 10.6 Å². The maximum Gasteiger partial charge on any atom is 0.243 e. The van der Waals surface area contributed by atoms with Crippen molar-refractivity contribution in [3.63, 3.8) is 0 Å². The summed E-state index contributed by atoms with van der Waals surface area (Å²) >= 11 is 0. The average molecular weight is 460 g/mol. The quantitative estimate of drug-likeness (QED) is 0.542. The Kier molecular flexibility index (Phi) is 7.24.